The smallest absolute Gasteiger partial charge is 0.329 e. The van der Waals surface area contributed by atoms with Crippen molar-refractivity contribution in [1.29, 1.82) is 10.5 Å². The van der Waals surface area contributed by atoms with E-state index in [1.165, 1.54) is 0 Å². The molecule has 1 aliphatic carbocycles. The van der Waals surface area contributed by atoms with E-state index in [1.54, 1.807) is 27.7 Å². The quantitative estimate of drug-likeness (QED) is 0.707. The van der Waals surface area contributed by atoms with E-state index in [0.29, 0.717) is 6.42 Å². The highest BCUT2D eigenvalue weighted by Gasteiger charge is 2.94. The minimum atomic E-state index is -1.80. The summed E-state index contributed by atoms with van der Waals surface area (Å²) in [7, 11) is 0. The van der Waals surface area contributed by atoms with Gasteiger partial charge in [-0.15, -0.1) is 0 Å². The summed E-state index contributed by atoms with van der Waals surface area (Å²) in [6, 6.07) is 3.72. The monoisotopic (exact) mass is 278 g/mol. The van der Waals surface area contributed by atoms with E-state index in [1.807, 2.05) is 12.1 Å². The predicted molar refractivity (Wildman–Crippen MR) is 67.8 cm³/mol. The number of nitrogens with zero attached hydrogens (tertiary/aromatic N) is 2. The molecule has 2 atom stereocenters. The third kappa shape index (κ3) is 1.42. The van der Waals surface area contributed by atoms with E-state index in [2.05, 4.69) is 0 Å². The van der Waals surface area contributed by atoms with E-state index in [-0.39, 0.29) is 13.2 Å². The molecule has 1 aliphatic rings. The van der Waals surface area contributed by atoms with Crippen LogP contribution in [0, 0.1) is 38.9 Å². The average molecular weight is 278 g/mol. The van der Waals surface area contributed by atoms with E-state index in [0.717, 1.165) is 0 Å². The Balaban J connectivity index is 3.45. The van der Waals surface area contributed by atoms with Crippen LogP contribution in [0.15, 0.2) is 0 Å². The predicted octanol–water partition coefficient (Wildman–Crippen LogP) is 1.56. The molecule has 0 aromatic heterocycles. The van der Waals surface area contributed by atoms with Crippen LogP contribution in [0.3, 0.4) is 0 Å². The summed E-state index contributed by atoms with van der Waals surface area (Å²) in [6.07, 6.45) is 0.311. The lowest BCUT2D eigenvalue weighted by Crippen LogP contribution is -2.30. The zero-order valence-electron chi connectivity index (χ0n) is 12.1. The molecule has 0 aliphatic heterocycles. The van der Waals surface area contributed by atoms with E-state index in [9.17, 15) is 20.1 Å². The number of carbonyl (C=O) groups is 2. The summed E-state index contributed by atoms with van der Waals surface area (Å²) in [5.74, 6) is -1.66. The Morgan fingerprint density at radius 3 is 1.50 bits per heavy atom. The number of hydrogen-bond donors (Lipinski definition) is 0. The Kier molecular flexibility index (Phi) is 4.10. The molecule has 0 radical (unpaired) electrons. The molecule has 108 valence electrons. The summed E-state index contributed by atoms with van der Waals surface area (Å²) in [5.41, 5.74) is -4.71. The van der Waals surface area contributed by atoms with Gasteiger partial charge in [0.1, 0.15) is 0 Å². The lowest BCUT2D eigenvalue weighted by Gasteiger charge is -2.11. The standard InChI is InChI=1S/C14H18N2O4/c1-5-12(4)13(8-15,10(17)19-6-2)14(12,9-16)11(18)20-7-3/h5-7H2,1-4H3. The maximum Gasteiger partial charge on any atom is 0.329 e. The Labute approximate surface area is 118 Å². The minimum absolute atomic E-state index is 0.0758. The first-order chi connectivity index (χ1) is 9.39. The molecule has 0 aromatic carbocycles. The molecule has 0 heterocycles. The normalized spacial score (nSPS) is 34.5. The van der Waals surface area contributed by atoms with E-state index >= 15 is 0 Å². The highest BCUT2D eigenvalue weighted by molar-refractivity contribution is 6.02. The zero-order valence-corrected chi connectivity index (χ0v) is 12.1. The van der Waals surface area contributed by atoms with Crippen LogP contribution >= 0.6 is 0 Å². The van der Waals surface area contributed by atoms with Crippen LogP contribution in [-0.2, 0) is 19.1 Å². The van der Waals surface area contributed by atoms with Gasteiger partial charge in [-0.3, -0.25) is 9.59 Å². The van der Waals surface area contributed by atoms with Crippen molar-refractivity contribution in [2.24, 2.45) is 16.2 Å². The topological polar surface area (TPSA) is 100 Å². The summed E-state index contributed by atoms with van der Waals surface area (Å²) in [6.45, 7) is 6.66. The third-order valence-corrected chi connectivity index (χ3v) is 4.36. The molecule has 0 spiro atoms. The lowest BCUT2D eigenvalue weighted by molar-refractivity contribution is -0.155. The molecule has 1 saturated carbocycles. The summed E-state index contributed by atoms with van der Waals surface area (Å²) in [4.78, 5) is 24.4. The van der Waals surface area contributed by atoms with Gasteiger partial charge in [0.2, 0.25) is 0 Å². The summed E-state index contributed by atoms with van der Waals surface area (Å²) in [5, 5.41) is 19.0. The van der Waals surface area contributed by atoms with Gasteiger partial charge in [-0.1, -0.05) is 13.8 Å². The first-order valence-corrected chi connectivity index (χ1v) is 6.57. The Morgan fingerprint density at radius 1 is 0.950 bits per heavy atom. The van der Waals surface area contributed by atoms with Gasteiger partial charge in [-0.05, 0) is 20.3 Å². The van der Waals surface area contributed by atoms with Crippen molar-refractivity contribution in [1.82, 2.24) is 0 Å². The second kappa shape index (κ2) is 5.13. The molecule has 0 saturated heterocycles. The Bertz CT molecular complexity index is 474. The molecular weight excluding hydrogens is 260 g/mol. The van der Waals surface area contributed by atoms with Crippen LogP contribution in [0.25, 0.3) is 0 Å². The number of nitriles is 2. The SMILES string of the molecule is CCOC(=O)C1(C#N)C(C)(CC)C1(C#N)C(=O)OCC. The van der Waals surface area contributed by atoms with Crippen molar-refractivity contribution in [3.8, 4) is 12.1 Å². The molecule has 0 N–H and O–H groups in total. The van der Waals surface area contributed by atoms with Crippen molar-refractivity contribution < 1.29 is 19.1 Å². The van der Waals surface area contributed by atoms with E-state index in [4.69, 9.17) is 9.47 Å². The number of hydrogen-bond acceptors (Lipinski definition) is 6. The maximum atomic E-state index is 12.2. The molecule has 1 rings (SSSR count). The molecule has 1 fully saturated rings. The minimum Gasteiger partial charge on any atom is -0.465 e. The van der Waals surface area contributed by atoms with Crippen LogP contribution in [0.4, 0.5) is 0 Å². The lowest BCUT2D eigenvalue weighted by atomic mass is 9.93. The molecular formula is C14H18N2O4. The largest absolute Gasteiger partial charge is 0.465 e. The van der Waals surface area contributed by atoms with Crippen molar-refractivity contribution >= 4 is 11.9 Å². The number of ether oxygens (including phenoxy) is 2. The number of esters is 2. The molecule has 0 aromatic rings. The fourth-order valence-electron chi connectivity index (χ4n) is 3.05. The highest BCUT2D eigenvalue weighted by atomic mass is 16.5. The Hall–Kier alpha value is -2.08. The summed E-state index contributed by atoms with van der Waals surface area (Å²) < 4.78 is 9.84. The second-order valence-corrected chi connectivity index (χ2v) is 4.85. The van der Waals surface area contributed by atoms with Crippen LogP contribution in [0.5, 0.6) is 0 Å². The van der Waals surface area contributed by atoms with E-state index < -0.39 is 28.2 Å². The van der Waals surface area contributed by atoms with Crippen molar-refractivity contribution in [3.05, 3.63) is 0 Å². The third-order valence-electron chi connectivity index (χ3n) is 4.36. The molecule has 6 heteroatoms. The van der Waals surface area contributed by atoms with Crippen molar-refractivity contribution in [2.75, 3.05) is 13.2 Å². The fraction of sp³-hybridized carbons (Fsp3) is 0.714. The fourth-order valence-corrected chi connectivity index (χ4v) is 3.05. The van der Waals surface area contributed by atoms with Crippen LogP contribution in [-0.4, -0.2) is 25.2 Å². The zero-order chi connectivity index (χ0) is 15.6. The van der Waals surface area contributed by atoms with Crippen LogP contribution < -0.4 is 0 Å². The second-order valence-electron chi connectivity index (χ2n) is 4.85. The maximum absolute atomic E-state index is 12.2. The van der Waals surface area contributed by atoms with Gasteiger partial charge in [0.05, 0.1) is 25.4 Å². The molecule has 0 bridgehead atoms. The van der Waals surface area contributed by atoms with Gasteiger partial charge >= 0.3 is 11.9 Å². The van der Waals surface area contributed by atoms with Gasteiger partial charge in [-0.25, -0.2) is 0 Å². The Morgan fingerprint density at radius 2 is 1.30 bits per heavy atom. The first-order valence-electron chi connectivity index (χ1n) is 6.57. The number of rotatable bonds is 5. The number of carbonyl (C=O) groups excluding carboxylic acids is 2. The molecule has 0 amide bonds. The van der Waals surface area contributed by atoms with Gasteiger partial charge in [0.15, 0.2) is 10.8 Å². The van der Waals surface area contributed by atoms with Gasteiger partial charge in [-0.2, -0.15) is 10.5 Å². The first kappa shape index (κ1) is 16.0. The summed E-state index contributed by atoms with van der Waals surface area (Å²) >= 11 is 0. The molecule has 20 heavy (non-hydrogen) atoms. The van der Waals surface area contributed by atoms with Crippen molar-refractivity contribution in [2.45, 2.75) is 34.1 Å². The van der Waals surface area contributed by atoms with Gasteiger partial charge in [0.25, 0.3) is 0 Å². The molecule has 2 unspecified atom stereocenters. The van der Waals surface area contributed by atoms with Crippen LogP contribution in [0.2, 0.25) is 0 Å². The highest BCUT2D eigenvalue weighted by Crippen LogP contribution is 2.80. The van der Waals surface area contributed by atoms with Crippen LogP contribution in [0.1, 0.15) is 34.1 Å². The molecule has 6 nitrogen and oxygen atoms in total. The van der Waals surface area contributed by atoms with Gasteiger partial charge in [0, 0.05) is 5.41 Å². The van der Waals surface area contributed by atoms with Gasteiger partial charge < -0.3 is 9.47 Å². The van der Waals surface area contributed by atoms with Crippen molar-refractivity contribution in [3.63, 3.8) is 0 Å². The average Bonchev–Trinajstić information content (AvgIpc) is 2.95.